The Bertz CT molecular complexity index is 469. The minimum atomic E-state index is 0.339. The Hall–Kier alpha value is -1.11. The molecule has 2 rings (SSSR count). The maximum atomic E-state index is 5.85. The molecule has 0 amide bonds. The van der Waals surface area contributed by atoms with Crippen molar-refractivity contribution in [2.75, 3.05) is 0 Å². The van der Waals surface area contributed by atoms with Crippen molar-refractivity contribution >= 4 is 33.2 Å². The first-order chi connectivity index (χ1) is 5.81. The molecule has 0 N–H and O–H groups in total. The standard InChI is InChI=1S/C8H3ClN2S/c1-2-6-10-5-3-4-12-7(5)8(9)11-6/h1,3-4H. The smallest absolute Gasteiger partial charge is 0.206 e. The minimum Gasteiger partial charge on any atom is -0.220 e. The summed E-state index contributed by atoms with van der Waals surface area (Å²) >= 11 is 7.35. The molecule has 58 valence electrons. The van der Waals surface area contributed by atoms with Crippen molar-refractivity contribution in [1.29, 1.82) is 0 Å². The topological polar surface area (TPSA) is 25.8 Å². The molecule has 0 saturated heterocycles. The molecule has 0 atom stereocenters. The summed E-state index contributed by atoms with van der Waals surface area (Å²) in [6.45, 7) is 0. The van der Waals surface area contributed by atoms with E-state index in [1.807, 2.05) is 11.4 Å². The van der Waals surface area contributed by atoms with Gasteiger partial charge in [-0.15, -0.1) is 17.8 Å². The van der Waals surface area contributed by atoms with Crippen molar-refractivity contribution in [3.8, 4) is 12.3 Å². The predicted octanol–water partition coefficient (Wildman–Crippen LogP) is 2.33. The first-order valence-corrected chi connectivity index (χ1v) is 4.44. The van der Waals surface area contributed by atoms with Gasteiger partial charge in [-0.25, -0.2) is 9.97 Å². The van der Waals surface area contributed by atoms with Crippen LogP contribution in [-0.4, -0.2) is 9.97 Å². The van der Waals surface area contributed by atoms with Crippen molar-refractivity contribution in [3.63, 3.8) is 0 Å². The molecule has 2 aromatic rings. The average Bonchev–Trinajstić information content (AvgIpc) is 2.52. The Morgan fingerprint density at radius 3 is 3.08 bits per heavy atom. The second-order valence-electron chi connectivity index (χ2n) is 2.12. The van der Waals surface area contributed by atoms with E-state index in [0.29, 0.717) is 11.0 Å². The second kappa shape index (κ2) is 2.74. The van der Waals surface area contributed by atoms with Crippen molar-refractivity contribution in [2.45, 2.75) is 0 Å². The van der Waals surface area contributed by atoms with Crippen LogP contribution in [0.1, 0.15) is 5.82 Å². The van der Waals surface area contributed by atoms with Crippen molar-refractivity contribution in [1.82, 2.24) is 9.97 Å². The summed E-state index contributed by atoms with van der Waals surface area (Å²) in [5.74, 6) is 2.69. The molecule has 0 aliphatic rings. The average molecular weight is 195 g/mol. The zero-order valence-corrected chi connectivity index (χ0v) is 7.49. The fraction of sp³-hybridized carbons (Fsp3) is 0. The van der Waals surface area contributed by atoms with Gasteiger partial charge in [0.25, 0.3) is 0 Å². The number of terminal acetylenes is 1. The van der Waals surface area contributed by atoms with Gasteiger partial charge >= 0.3 is 0 Å². The lowest BCUT2D eigenvalue weighted by Gasteiger charge is -1.92. The predicted molar refractivity (Wildman–Crippen MR) is 50.4 cm³/mol. The summed E-state index contributed by atoms with van der Waals surface area (Å²) in [4.78, 5) is 8.01. The molecule has 0 aromatic carbocycles. The Labute approximate surface area is 78.2 Å². The number of thiophene rings is 1. The van der Waals surface area contributed by atoms with Crippen LogP contribution in [0, 0.1) is 12.3 Å². The maximum Gasteiger partial charge on any atom is 0.206 e. The first-order valence-electron chi connectivity index (χ1n) is 3.18. The van der Waals surface area contributed by atoms with Gasteiger partial charge in [-0.2, -0.15) is 0 Å². The molecule has 0 unspecified atom stereocenters. The Morgan fingerprint density at radius 1 is 1.50 bits per heavy atom. The van der Waals surface area contributed by atoms with Crippen molar-refractivity contribution in [2.24, 2.45) is 0 Å². The highest BCUT2D eigenvalue weighted by molar-refractivity contribution is 7.17. The lowest BCUT2D eigenvalue weighted by Crippen LogP contribution is -1.87. The van der Waals surface area contributed by atoms with Crippen LogP contribution >= 0.6 is 22.9 Å². The van der Waals surface area contributed by atoms with Crippen LogP contribution in [0.25, 0.3) is 10.2 Å². The summed E-state index contributed by atoms with van der Waals surface area (Å²) in [6.07, 6.45) is 5.15. The van der Waals surface area contributed by atoms with Crippen LogP contribution in [0.15, 0.2) is 11.4 Å². The van der Waals surface area contributed by atoms with Gasteiger partial charge < -0.3 is 0 Å². The molecule has 2 aromatic heterocycles. The van der Waals surface area contributed by atoms with Crippen molar-refractivity contribution in [3.05, 3.63) is 22.4 Å². The van der Waals surface area contributed by atoms with Crippen LogP contribution in [0.4, 0.5) is 0 Å². The molecule has 0 aliphatic carbocycles. The van der Waals surface area contributed by atoms with E-state index >= 15 is 0 Å². The summed E-state index contributed by atoms with van der Waals surface area (Å²) in [5, 5.41) is 2.34. The van der Waals surface area contributed by atoms with E-state index < -0.39 is 0 Å². The number of aromatic nitrogens is 2. The fourth-order valence-electron chi connectivity index (χ4n) is 0.892. The van der Waals surface area contributed by atoms with Crippen LogP contribution in [0.3, 0.4) is 0 Å². The fourth-order valence-corrected chi connectivity index (χ4v) is 1.91. The third-order valence-electron chi connectivity index (χ3n) is 1.39. The molecule has 2 nitrogen and oxygen atoms in total. The molecular weight excluding hydrogens is 192 g/mol. The second-order valence-corrected chi connectivity index (χ2v) is 3.39. The SMILES string of the molecule is C#Cc1nc(Cl)c2sccc2n1. The molecule has 0 aliphatic heterocycles. The van der Waals surface area contributed by atoms with E-state index in [2.05, 4.69) is 15.9 Å². The summed E-state index contributed by atoms with van der Waals surface area (Å²) < 4.78 is 0.885. The first kappa shape index (κ1) is 7.53. The van der Waals surface area contributed by atoms with Gasteiger partial charge in [0, 0.05) is 0 Å². The maximum absolute atomic E-state index is 5.85. The zero-order valence-electron chi connectivity index (χ0n) is 5.91. The number of rotatable bonds is 0. The van der Waals surface area contributed by atoms with Gasteiger partial charge in [-0.3, -0.25) is 0 Å². The third-order valence-corrected chi connectivity index (χ3v) is 2.69. The number of hydrogen-bond acceptors (Lipinski definition) is 3. The van der Waals surface area contributed by atoms with E-state index in [-0.39, 0.29) is 0 Å². The Kier molecular flexibility index (Phi) is 1.72. The van der Waals surface area contributed by atoms with Gasteiger partial charge in [0.1, 0.15) is 0 Å². The lowest BCUT2D eigenvalue weighted by atomic mass is 10.4. The Morgan fingerprint density at radius 2 is 2.33 bits per heavy atom. The van der Waals surface area contributed by atoms with Crippen LogP contribution in [-0.2, 0) is 0 Å². The van der Waals surface area contributed by atoms with Crippen LogP contribution in [0.5, 0.6) is 0 Å². The monoisotopic (exact) mass is 194 g/mol. The molecular formula is C8H3ClN2S. The molecule has 4 heteroatoms. The molecule has 0 bridgehead atoms. The number of halogens is 1. The molecule has 0 radical (unpaired) electrons. The normalized spacial score (nSPS) is 10.0. The van der Waals surface area contributed by atoms with E-state index in [0.717, 1.165) is 10.2 Å². The van der Waals surface area contributed by atoms with E-state index in [9.17, 15) is 0 Å². The summed E-state index contributed by atoms with van der Waals surface area (Å²) in [7, 11) is 0. The zero-order chi connectivity index (χ0) is 8.55. The third kappa shape index (κ3) is 1.06. The largest absolute Gasteiger partial charge is 0.220 e. The number of hydrogen-bond donors (Lipinski definition) is 0. The highest BCUT2D eigenvalue weighted by atomic mass is 35.5. The lowest BCUT2D eigenvalue weighted by molar-refractivity contribution is 1.18. The molecule has 0 spiro atoms. The van der Waals surface area contributed by atoms with E-state index in [1.54, 1.807) is 0 Å². The van der Waals surface area contributed by atoms with Crippen molar-refractivity contribution < 1.29 is 0 Å². The van der Waals surface area contributed by atoms with Gasteiger partial charge in [-0.05, 0) is 17.4 Å². The quantitative estimate of drug-likeness (QED) is 0.475. The Balaban J connectivity index is 2.86. The van der Waals surface area contributed by atoms with Crippen LogP contribution in [0.2, 0.25) is 5.15 Å². The molecule has 2 heterocycles. The summed E-state index contributed by atoms with van der Waals surface area (Å²) in [5.41, 5.74) is 0.813. The highest BCUT2D eigenvalue weighted by Gasteiger charge is 2.04. The van der Waals surface area contributed by atoms with E-state index in [4.69, 9.17) is 18.0 Å². The summed E-state index contributed by atoms with van der Waals surface area (Å²) in [6, 6.07) is 1.87. The van der Waals surface area contributed by atoms with Gasteiger partial charge in [0.2, 0.25) is 5.82 Å². The molecule has 0 saturated carbocycles. The number of fused-ring (bicyclic) bond motifs is 1. The van der Waals surface area contributed by atoms with Gasteiger partial charge in [0.15, 0.2) is 5.15 Å². The molecule has 0 fully saturated rings. The van der Waals surface area contributed by atoms with Gasteiger partial charge in [-0.1, -0.05) is 11.6 Å². The van der Waals surface area contributed by atoms with Crippen LogP contribution < -0.4 is 0 Å². The highest BCUT2D eigenvalue weighted by Crippen LogP contribution is 2.25. The van der Waals surface area contributed by atoms with E-state index in [1.165, 1.54) is 11.3 Å². The molecule has 12 heavy (non-hydrogen) atoms. The minimum absolute atomic E-state index is 0.339. The van der Waals surface area contributed by atoms with Gasteiger partial charge in [0.05, 0.1) is 10.2 Å². The number of nitrogens with zero attached hydrogens (tertiary/aromatic N) is 2.